The molecule has 2 radical (unpaired) electrons. The highest BCUT2D eigenvalue weighted by atomic mass is 16.1. The number of hydrogen-bond acceptors (Lipinski definition) is 2. The van der Waals surface area contributed by atoms with Gasteiger partial charge in [-0.1, -0.05) is 27.7 Å². The molecule has 0 aliphatic carbocycles. The molecule has 13 heavy (non-hydrogen) atoms. The Morgan fingerprint density at radius 3 is 1.69 bits per heavy atom. The molecule has 0 saturated heterocycles. The minimum atomic E-state index is -0.616. The molecule has 0 aliphatic heterocycles. The molecule has 72 valence electrons. The molecule has 0 aromatic rings. The predicted molar refractivity (Wildman–Crippen MR) is 53.6 cm³/mol. The summed E-state index contributed by atoms with van der Waals surface area (Å²) in [5.74, 6) is 0.0850. The van der Waals surface area contributed by atoms with Gasteiger partial charge in [0.1, 0.15) is 5.78 Å². The van der Waals surface area contributed by atoms with E-state index in [4.69, 9.17) is 7.85 Å². The Hall–Kier alpha value is -0.595. The van der Waals surface area contributed by atoms with Crippen LogP contribution in [0.25, 0.3) is 0 Å². The molecule has 0 unspecified atom stereocenters. The fraction of sp³-hybridized carbons (Fsp3) is 0.800. The molecule has 0 aromatic carbocycles. The van der Waals surface area contributed by atoms with Crippen molar-refractivity contribution >= 4 is 19.3 Å². The first-order valence-electron chi connectivity index (χ1n) is 4.40. The average Bonchev–Trinajstić information content (AvgIpc) is 1.83. The Morgan fingerprint density at radius 1 is 1.08 bits per heavy atom. The van der Waals surface area contributed by atoms with E-state index in [0.717, 1.165) is 0 Å². The Morgan fingerprint density at radius 2 is 1.46 bits per heavy atom. The zero-order valence-corrected chi connectivity index (χ0v) is 9.10. The van der Waals surface area contributed by atoms with Gasteiger partial charge < -0.3 is 4.79 Å². The second-order valence-corrected chi connectivity index (χ2v) is 4.86. The van der Waals surface area contributed by atoms with Gasteiger partial charge in [-0.3, -0.25) is 4.79 Å². The van der Waals surface area contributed by atoms with Crippen molar-refractivity contribution in [3.8, 4) is 0 Å². The molecule has 2 nitrogen and oxygen atoms in total. The second-order valence-electron chi connectivity index (χ2n) is 4.86. The van der Waals surface area contributed by atoms with Gasteiger partial charge in [-0.2, -0.15) is 0 Å². The van der Waals surface area contributed by atoms with Gasteiger partial charge in [-0.15, -0.1) is 0 Å². The van der Waals surface area contributed by atoms with Crippen LogP contribution in [0.5, 0.6) is 0 Å². The van der Waals surface area contributed by atoms with Crippen molar-refractivity contribution in [3.63, 3.8) is 0 Å². The zero-order chi connectivity index (χ0) is 10.9. The molecule has 0 bridgehead atoms. The maximum absolute atomic E-state index is 11.2. The monoisotopic (exact) mass is 180 g/mol. The van der Waals surface area contributed by atoms with Crippen LogP contribution in [0, 0.1) is 10.8 Å². The largest absolute Gasteiger partial charge is 0.312 e. The summed E-state index contributed by atoms with van der Waals surface area (Å²) >= 11 is 0. The van der Waals surface area contributed by atoms with E-state index in [1.807, 2.05) is 13.8 Å². The van der Waals surface area contributed by atoms with Gasteiger partial charge in [-0.25, -0.2) is 0 Å². The second kappa shape index (κ2) is 3.65. The molecule has 0 aromatic heterocycles. The van der Waals surface area contributed by atoms with Crippen molar-refractivity contribution in [1.29, 1.82) is 0 Å². The van der Waals surface area contributed by atoms with Gasteiger partial charge >= 0.3 is 0 Å². The molecule has 0 N–H and O–H groups in total. The molecule has 0 heterocycles. The first-order valence-corrected chi connectivity index (χ1v) is 4.40. The number of carbonyl (C=O) groups excluding carboxylic acids is 2. The fourth-order valence-corrected chi connectivity index (χ4v) is 1.32. The van der Waals surface area contributed by atoms with Gasteiger partial charge in [0.25, 0.3) is 0 Å². The Balaban J connectivity index is 4.61. The van der Waals surface area contributed by atoms with E-state index in [1.165, 1.54) is 6.92 Å². The number of hydrogen-bond donors (Lipinski definition) is 0. The van der Waals surface area contributed by atoms with E-state index >= 15 is 0 Å². The highest BCUT2D eigenvalue weighted by Gasteiger charge is 2.34. The van der Waals surface area contributed by atoms with Gasteiger partial charge in [-0.05, 0) is 13.3 Å². The quantitative estimate of drug-likeness (QED) is 0.617. The minimum Gasteiger partial charge on any atom is -0.312 e. The lowest BCUT2D eigenvalue weighted by Crippen LogP contribution is -2.34. The highest BCUT2D eigenvalue weighted by molar-refractivity contribution is 6.58. The highest BCUT2D eigenvalue weighted by Crippen LogP contribution is 2.34. The molecule has 0 aliphatic rings. The van der Waals surface area contributed by atoms with Crippen LogP contribution in [0.2, 0.25) is 0 Å². The van der Waals surface area contributed by atoms with Crippen molar-refractivity contribution in [2.75, 3.05) is 0 Å². The Bertz CT molecular complexity index is 205. The van der Waals surface area contributed by atoms with Gasteiger partial charge in [0.15, 0.2) is 7.85 Å². The molecule has 0 rings (SSSR count). The zero-order valence-electron chi connectivity index (χ0n) is 9.10. The van der Waals surface area contributed by atoms with E-state index in [1.54, 1.807) is 13.8 Å². The summed E-state index contributed by atoms with van der Waals surface area (Å²) in [7, 11) is 5.23. The smallest absolute Gasteiger partial charge is 0.168 e. The van der Waals surface area contributed by atoms with E-state index in [-0.39, 0.29) is 11.5 Å². The Kier molecular flexibility index (Phi) is 3.48. The van der Waals surface area contributed by atoms with Crippen LogP contribution < -0.4 is 0 Å². The lowest BCUT2D eigenvalue weighted by atomic mass is 9.67. The molecule has 0 atom stereocenters. The minimum absolute atomic E-state index is 0.0850. The summed E-state index contributed by atoms with van der Waals surface area (Å²) in [6, 6.07) is 0. The number of rotatable bonds is 4. The standard InChI is InChI=1S/C10H17BO2/c1-7(12)9(2,3)6-10(4,5)8(11)13/h6H2,1-5H3. The summed E-state index contributed by atoms with van der Waals surface area (Å²) in [6.45, 7) is 8.73. The fourth-order valence-electron chi connectivity index (χ4n) is 1.32. The van der Waals surface area contributed by atoms with Crippen LogP contribution >= 0.6 is 0 Å². The van der Waals surface area contributed by atoms with Crippen molar-refractivity contribution in [2.24, 2.45) is 10.8 Å². The van der Waals surface area contributed by atoms with Crippen molar-refractivity contribution < 1.29 is 9.59 Å². The first-order chi connectivity index (χ1) is 5.59. The van der Waals surface area contributed by atoms with Gasteiger partial charge in [0.05, 0.1) is 5.68 Å². The van der Waals surface area contributed by atoms with Crippen molar-refractivity contribution in [3.05, 3.63) is 0 Å². The maximum Gasteiger partial charge on any atom is 0.168 e. The summed E-state index contributed by atoms with van der Waals surface area (Å²) < 4.78 is 0. The van der Waals surface area contributed by atoms with Crippen LogP contribution in [-0.2, 0) is 9.59 Å². The van der Waals surface area contributed by atoms with Crippen LogP contribution in [-0.4, -0.2) is 19.3 Å². The van der Waals surface area contributed by atoms with Gasteiger partial charge in [0, 0.05) is 10.8 Å². The lowest BCUT2D eigenvalue weighted by molar-refractivity contribution is -0.128. The third-order valence-corrected chi connectivity index (χ3v) is 2.50. The Labute approximate surface area is 81.5 Å². The first kappa shape index (κ1) is 12.4. The summed E-state index contributed by atoms with van der Waals surface area (Å²) in [5.41, 5.74) is -1.45. The maximum atomic E-state index is 11.2. The summed E-state index contributed by atoms with van der Waals surface area (Å²) in [6.07, 6.45) is 0.491. The molecule has 0 saturated carbocycles. The van der Waals surface area contributed by atoms with E-state index in [9.17, 15) is 9.59 Å². The molecule has 0 amide bonds. The average molecular weight is 180 g/mol. The van der Waals surface area contributed by atoms with Gasteiger partial charge in [0.2, 0.25) is 0 Å². The van der Waals surface area contributed by atoms with Crippen LogP contribution in [0.1, 0.15) is 41.0 Å². The molecule has 0 spiro atoms. The predicted octanol–water partition coefficient (Wildman–Crippen LogP) is 1.71. The normalized spacial score (nSPS) is 12.7. The van der Waals surface area contributed by atoms with Crippen molar-refractivity contribution in [2.45, 2.75) is 41.0 Å². The molecular formula is C10H17BO2. The van der Waals surface area contributed by atoms with Crippen LogP contribution in [0.3, 0.4) is 0 Å². The number of ketones is 1. The van der Waals surface area contributed by atoms with E-state index in [0.29, 0.717) is 6.42 Å². The van der Waals surface area contributed by atoms with E-state index in [2.05, 4.69) is 0 Å². The third-order valence-electron chi connectivity index (χ3n) is 2.50. The van der Waals surface area contributed by atoms with Crippen LogP contribution in [0.15, 0.2) is 0 Å². The summed E-state index contributed by atoms with van der Waals surface area (Å²) in [5, 5.41) is 0. The lowest BCUT2D eigenvalue weighted by Gasteiger charge is -2.31. The number of carbonyl (C=O) groups is 2. The van der Waals surface area contributed by atoms with E-state index < -0.39 is 10.8 Å². The SMILES string of the molecule is [B]C(=O)C(C)(C)CC(C)(C)C(C)=O. The molecule has 3 heteroatoms. The number of Topliss-reactive ketones (excluding diaryl/α,β-unsaturated/α-hetero) is 1. The summed E-state index contributed by atoms with van der Waals surface area (Å²) in [4.78, 5) is 22.2. The molecular weight excluding hydrogens is 163 g/mol. The van der Waals surface area contributed by atoms with Crippen LogP contribution in [0.4, 0.5) is 0 Å². The van der Waals surface area contributed by atoms with Crippen molar-refractivity contribution in [1.82, 2.24) is 0 Å². The third kappa shape index (κ3) is 3.33. The molecule has 0 fully saturated rings. The topological polar surface area (TPSA) is 34.1 Å².